The number of hydrogen-bond donors (Lipinski definition) is 1. The Balaban J connectivity index is 0. The molecule has 0 aliphatic rings. The van der Waals surface area contributed by atoms with E-state index < -0.39 is 5.60 Å². The SMILES string of the molecule is CCN=C(C)C(O)(CC)CC.[Yb]. The first-order valence-corrected chi connectivity index (χ1v) is 4.34. The minimum Gasteiger partial charge on any atom is -0.384 e. The van der Waals surface area contributed by atoms with Crippen LogP contribution in [0.4, 0.5) is 0 Å². The van der Waals surface area contributed by atoms with E-state index in [1.807, 2.05) is 27.7 Å². The van der Waals surface area contributed by atoms with E-state index >= 15 is 0 Å². The Labute approximate surface area is 114 Å². The van der Waals surface area contributed by atoms with Crippen LogP contribution in [0, 0.1) is 46.9 Å². The van der Waals surface area contributed by atoms with E-state index in [4.69, 9.17) is 0 Å². The fraction of sp³-hybridized carbons (Fsp3) is 0.889. The molecule has 0 aromatic rings. The van der Waals surface area contributed by atoms with Crippen LogP contribution in [0.2, 0.25) is 0 Å². The van der Waals surface area contributed by atoms with Gasteiger partial charge in [-0.15, -0.1) is 0 Å². The number of aliphatic imine (C=N–C) groups is 1. The molecule has 0 saturated heterocycles. The molecule has 12 heavy (non-hydrogen) atoms. The molecular formula is C9H19NOYb. The van der Waals surface area contributed by atoms with Gasteiger partial charge in [-0.1, -0.05) is 13.8 Å². The van der Waals surface area contributed by atoms with Gasteiger partial charge in [0.05, 0.1) is 0 Å². The average molecular weight is 330 g/mol. The molecule has 0 radical (unpaired) electrons. The summed E-state index contributed by atoms with van der Waals surface area (Å²) in [6, 6.07) is 0. The van der Waals surface area contributed by atoms with Gasteiger partial charge < -0.3 is 5.11 Å². The summed E-state index contributed by atoms with van der Waals surface area (Å²) >= 11 is 0. The Kier molecular flexibility index (Phi) is 9.82. The Morgan fingerprint density at radius 1 is 1.25 bits per heavy atom. The summed E-state index contributed by atoms with van der Waals surface area (Å²) in [5.74, 6) is 0. The predicted molar refractivity (Wildman–Crippen MR) is 49.2 cm³/mol. The fourth-order valence-electron chi connectivity index (χ4n) is 1.15. The molecule has 2 nitrogen and oxygen atoms in total. The number of hydrogen-bond acceptors (Lipinski definition) is 2. The zero-order valence-electron chi connectivity index (χ0n) is 8.28. The van der Waals surface area contributed by atoms with Gasteiger partial charge in [0.2, 0.25) is 0 Å². The minimum absolute atomic E-state index is 0. The van der Waals surface area contributed by atoms with Crippen LogP contribution in [0.15, 0.2) is 4.99 Å². The second-order valence-electron chi connectivity index (χ2n) is 2.80. The van der Waals surface area contributed by atoms with Gasteiger partial charge in [-0.2, -0.15) is 0 Å². The third kappa shape index (κ3) is 4.40. The molecule has 80 valence electrons. The summed E-state index contributed by atoms with van der Waals surface area (Å²) in [4.78, 5) is 4.20. The number of nitrogens with zero attached hydrogens (tertiary/aromatic N) is 1. The van der Waals surface area contributed by atoms with Crippen molar-refractivity contribution in [1.29, 1.82) is 0 Å². The molecule has 0 saturated carbocycles. The zero-order chi connectivity index (χ0) is 8.91. The molecule has 0 aromatic carbocycles. The van der Waals surface area contributed by atoms with Crippen molar-refractivity contribution < 1.29 is 52.0 Å². The van der Waals surface area contributed by atoms with Gasteiger partial charge in [0, 0.05) is 59.2 Å². The molecule has 0 unspecified atom stereocenters. The van der Waals surface area contributed by atoms with Crippen molar-refractivity contribution in [3.8, 4) is 0 Å². The first-order chi connectivity index (χ1) is 5.10. The number of aliphatic hydroxyl groups is 1. The van der Waals surface area contributed by atoms with Crippen LogP contribution in [0.3, 0.4) is 0 Å². The third-order valence-electron chi connectivity index (χ3n) is 2.24. The molecular weight excluding hydrogens is 311 g/mol. The third-order valence-corrected chi connectivity index (χ3v) is 2.24. The van der Waals surface area contributed by atoms with Gasteiger partial charge in [0.1, 0.15) is 5.60 Å². The molecule has 0 aliphatic carbocycles. The van der Waals surface area contributed by atoms with E-state index in [0.717, 1.165) is 25.1 Å². The van der Waals surface area contributed by atoms with E-state index in [9.17, 15) is 5.11 Å². The van der Waals surface area contributed by atoms with E-state index in [-0.39, 0.29) is 46.9 Å². The summed E-state index contributed by atoms with van der Waals surface area (Å²) in [7, 11) is 0. The molecule has 0 atom stereocenters. The Morgan fingerprint density at radius 3 is 1.92 bits per heavy atom. The molecule has 1 N–H and O–H groups in total. The molecule has 0 amide bonds. The van der Waals surface area contributed by atoms with Gasteiger partial charge in [-0.25, -0.2) is 0 Å². The second kappa shape index (κ2) is 7.54. The summed E-state index contributed by atoms with van der Waals surface area (Å²) in [5.41, 5.74) is 0.209. The Morgan fingerprint density at radius 2 is 1.67 bits per heavy atom. The van der Waals surface area contributed by atoms with Crippen LogP contribution < -0.4 is 0 Å². The topological polar surface area (TPSA) is 32.6 Å². The zero-order valence-corrected chi connectivity index (χ0v) is 10.00. The van der Waals surface area contributed by atoms with Crippen LogP contribution in [-0.2, 0) is 0 Å². The molecule has 0 rings (SSSR count). The predicted octanol–water partition coefficient (Wildman–Crippen LogP) is 2.02. The summed E-state index contributed by atoms with van der Waals surface area (Å²) in [5, 5.41) is 9.90. The van der Waals surface area contributed by atoms with E-state index in [1.165, 1.54) is 0 Å². The largest absolute Gasteiger partial charge is 0.384 e. The molecule has 0 fully saturated rings. The second-order valence-corrected chi connectivity index (χ2v) is 2.80. The van der Waals surface area contributed by atoms with Crippen molar-refractivity contribution in [3.05, 3.63) is 0 Å². The van der Waals surface area contributed by atoms with Gasteiger partial charge in [-0.3, -0.25) is 4.99 Å². The first kappa shape index (κ1) is 15.6. The molecule has 0 aliphatic heterocycles. The quantitative estimate of drug-likeness (QED) is 0.786. The maximum Gasteiger partial charge on any atom is 0.101 e. The van der Waals surface area contributed by atoms with E-state index in [2.05, 4.69) is 4.99 Å². The first-order valence-electron chi connectivity index (χ1n) is 4.34. The fourth-order valence-corrected chi connectivity index (χ4v) is 1.15. The Bertz CT molecular complexity index is 141. The van der Waals surface area contributed by atoms with Crippen LogP contribution in [0.1, 0.15) is 40.5 Å². The van der Waals surface area contributed by atoms with Crippen molar-refractivity contribution in [2.24, 2.45) is 4.99 Å². The molecule has 0 spiro atoms. The van der Waals surface area contributed by atoms with Crippen molar-refractivity contribution in [3.63, 3.8) is 0 Å². The monoisotopic (exact) mass is 331 g/mol. The van der Waals surface area contributed by atoms with Crippen LogP contribution in [0.25, 0.3) is 0 Å². The van der Waals surface area contributed by atoms with Gasteiger partial charge in [0.25, 0.3) is 0 Å². The normalized spacial score (nSPS) is 12.6. The molecule has 0 aromatic heterocycles. The van der Waals surface area contributed by atoms with Crippen molar-refractivity contribution >= 4 is 5.71 Å². The van der Waals surface area contributed by atoms with Crippen molar-refractivity contribution in [2.45, 2.75) is 46.1 Å². The maximum atomic E-state index is 9.90. The van der Waals surface area contributed by atoms with Crippen LogP contribution in [-0.4, -0.2) is 23.0 Å². The van der Waals surface area contributed by atoms with Gasteiger partial charge in [-0.05, 0) is 26.7 Å². The average Bonchev–Trinajstić information content (AvgIpc) is 2.03. The summed E-state index contributed by atoms with van der Waals surface area (Å²) in [6.45, 7) is 8.61. The molecule has 3 heteroatoms. The van der Waals surface area contributed by atoms with Crippen molar-refractivity contribution in [2.75, 3.05) is 6.54 Å². The van der Waals surface area contributed by atoms with E-state index in [0.29, 0.717) is 0 Å². The minimum atomic E-state index is -0.657. The summed E-state index contributed by atoms with van der Waals surface area (Å²) < 4.78 is 0. The van der Waals surface area contributed by atoms with Crippen LogP contribution >= 0.6 is 0 Å². The van der Waals surface area contributed by atoms with Gasteiger partial charge >= 0.3 is 0 Å². The van der Waals surface area contributed by atoms with Crippen LogP contribution in [0.5, 0.6) is 0 Å². The van der Waals surface area contributed by atoms with Crippen molar-refractivity contribution in [1.82, 2.24) is 0 Å². The maximum absolute atomic E-state index is 9.90. The van der Waals surface area contributed by atoms with Gasteiger partial charge in [0.15, 0.2) is 0 Å². The van der Waals surface area contributed by atoms with E-state index in [1.54, 1.807) is 0 Å². The molecule has 0 bridgehead atoms. The summed E-state index contributed by atoms with van der Waals surface area (Å²) in [6.07, 6.45) is 1.50. The standard InChI is InChI=1S/C9H19NO.Yb/c1-5-9(11,6-2)8(4)10-7-3;/h11H,5-7H2,1-4H3;. The Hall–Kier alpha value is 1.15. The smallest absolute Gasteiger partial charge is 0.101 e. The molecule has 0 heterocycles. The number of rotatable bonds is 4.